The highest BCUT2D eigenvalue weighted by atomic mass is 35.5. The van der Waals surface area contributed by atoms with Crippen LogP contribution in [0.15, 0.2) is 47.6 Å². The number of carbonyl (C=O) groups is 1. The minimum atomic E-state index is -5.16. The molecule has 3 rings (SSSR count). The lowest BCUT2D eigenvalue weighted by Crippen LogP contribution is -2.22. The highest BCUT2D eigenvalue weighted by Crippen LogP contribution is 2.39. The first-order valence-corrected chi connectivity index (χ1v) is 11.0. The van der Waals surface area contributed by atoms with Crippen molar-refractivity contribution in [2.75, 3.05) is 5.32 Å². The van der Waals surface area contributed by atoms with Gasteiger partial charge in [-0.2, -0.15) is 31.4 Å². The lowest BCUT2D eigenvalue weighted by molar-refractivity contribution is -0.138. The van der Waals surface area contributed by atoms with Crippen LogP contribution in [0.4, 0.5) is 36.4 Å². The molecule has 1 heterocycles. The van der Waals surface area contributed by atoms with Crippen LogP contribution in [0.2, 0.25) is 5.02 Å². The zero-order valence-corrected chi connectivity index (χ0v) is 18.4. The molecular formula is C19H12ClF7N4O3S. The number of hydrogen-bond acceptors (Lipinski definition) is 4. The summed E-state index contributed by atoms with van der Waals surface area (Å²) in [5.41, 5.74) is -4.98. The molecule has 0 fully saturated rings. The van der Waals surface area contributed by atoms with E-state index in [1.54, 1.807) is 0 Å². The van der Waals surface area contributed by atoms with E-state index in [1.807, 2.05) is 5.32 Å². The first kappa shape index (κ1) is 26.4. The third-order valence-corrected chi connectivity index (χ3v) is 5.90. The average molecular weight is 545 g/mol. The fourth-order valence-electron chi connectivity index (χ4n) is 3.05. The van der Waals surface area contributed by atoms with Gasteiger partial charge in [0, 0.05) is 0 Å². The number of rotatable bonds is 5. The van der Waals surface area contributed by atoms with Gasteiger partial charge in [0.25, 0.3) is 0 Å². The fraction of sp³-hybridized carbons (Fsp3) is 0.158. The molecule has 3 aromatic rings. The molecule has 0 aliphatic heterocycles. The molecule has 0 aliphatic carbocycles. The zero-order valence-electron chi connectivity index (χ0n) is 16.9. The van der Waals surface area contributed by atoms with E-state index in [4.69, 9.17) is 16.7 Å². The van der Waals surface area contributed by atoms with Gasteiger partial charge in [-0.1, -0.05) is 23.7 Å². The predicted octanol–water partition coefficient (Wildman–Crippen LogP) is 4.53. The molecule has 0 aliphatic rings. The standard InChI is InChI=1S/C19H12ClF7N4O3S/c20-17-9(2-1-3-11(17)18(22,23)24)4-16(32)30-13-6-15(35(28,33)34)14(5-12(13)19(25,26)27)31-8-10(21)7-29-31/h1-3,5-8H,4H2,(H,30,32)(H2,28,33,34). The lowest BCUT2D eigenvalue weighted by Gasteiger charge is -2.18. The number of halogens is 8. The van der Waals surface area contributed by atoms with Crippen LogP contribution < -0.4 is 10.5 Å². The molecule has 0 unspecified atom stereocenters. The summed E-state index contributed by atoms with van der Waals surface area (Å²) >= 11 is 5.70. The summed E-state index contributed by atoms with van der Waals surface area (Å²) in [5, 5.41) is 9.51. The van der Waals surface area contributed by atoms with E-state index < -0.39 is 72.9 Å². The Kier molecular flexibility index (Phi) is 6.89. The second-order valence-electron chi connectivity index (χ2n) is 7.01. The van der Waals surface area contributed by atoms with Crippen molar-refractivity contribution in [2.24, 2.45) is 5.14 Å². The first-order valence-electron chi connectivity index (χ1n) is 9.11. The fourth-order valence-corrected chi connectivity index (χ4v) is 4.07. The minimum absolute atomic E-state index is 0.277. The average Bonchev–Trinajstić information content (AvgIpc) is 3.13. The molecule has 188 valence electrons. The lowest BCUT2D eigenvalue weighted by atomic mass is 10.1. The first-order chi connectivity index (χ1) is 16.0. The second-order valence-corrected chi connectivity index (χ2v) is 8.92. The van der Waals surface area contributed by atoms with Gasteiger partial charge in [0.15, 0.2) is 5.82 Å². The predicted molar refractivity (Wildman–Crippen MR) is 109 cm³/mol. The molecule has 3 N–H and O–H groups in total. The Hall–Kier alpha value is -3.17. The zero-order chi connectivity index (χ0) is 26.3. The maximum atomic E-state index is 13.7. The number of nitrogens with zero attached hydrogens (tertiary/aromatic N) is 2. The van der Waals surface area contributed by atoms with E-state index >= 15 is 0 Å². The van der Waals surface area contributed by atoms with Crippen molar-refractivity contribution in [3.05, 3.63) is 70.3 Å². The summed E-state index contributed by atoms with van der Waals surface area (Å²) in [6.07, 6.45) is -9.68. The molecule has 16 heteroatoms. The summed E-state index contributed by atoms with van der Waals surface area (Å²) in [6, 6.07) is 3.33. The molecule has 1 aromatic heterocycles. The van der Waals surface area contributed by atoms with Crippen LogP contribution in [-0.2, 0) is 33.6 Å². The van der Waals surface area contributed by atoms with Gasteiger partial charge in [-0.15, -0.1) is 0 Å². The molecule has 35 heavy (non-hydrogen) atoms. The van der Waals surface area contributed by atoms with Crippen molar-refractivity contribution < 1.29 is 43.9 Å². The van der Waals surface area contributed by atoms with Crippen LogP contribution in [0.5, 0.6) is 0 Å². The number of alkyl halides is 6. The molecule has 0 atom stereocenters. The SMILES string of the molecule is NS(=O)(=O)c1cc(NC(=O)Cc2cccc(C(F)(F)F)c2Cl)c(C(F)(F)F)cc1-n1cc(F)cn1. The Bertz CT molecular complexity index is 1400. The summed E-state index contributed by atoms with van der Waals surface area (Å²) in [7, 11) is -4.73. The van der Waals surface area contributed by atoms with E-state index in [0.29, 0.717) is 29.2 Å². The number of nitrogens with one attached hydrogen (secondary N) is 1. The number of sulfonamides is 1. The molecule has 2 aromatic carbocycles. The molecule has 0 saturated heterocycles. The molecule has 0 spiro atoms. The van der Waals surface area contributed by atoms with E-state index in [2.05, 4.69) is 5.10 Å². The van der Waals surface area contributed by atoms with Crippen LogP contribution in [-0.4, -0.2) is 24.1 Å². The normalized spacial score (nSPS) is 12.6. The van der Waals surface area contributed by atoms with Gasteiger partial charge in [0.2, 0.25) is 15.9 Å². The third kappa shape index (κ3) is 5.91. The quantitative estimate of drug-likeness (QED) is 0.460. The number of hydrogen-bond donors (Lipinski definition) is 2. The topological polar surface area (TPSA) is 107 Å². The van der Waals surface area contributed by atoms with Crippen molar-refractivity contribution in [3.8, 4) is 5.69 Å². The Morgan fingerprint density at radius 3 is 2.23 bits per heavy atom. The van der Waals surface area contributed by atoms with Gasteiger partial charge in [0.1, 0.15) is 4.90 Å². The van der Waals surface area contributed by atoms with Gasteiger partial charge in [-0.3, -0.25) is 4.79 Å². The van der Waals surface area contributed by atoms with Gasteiger partial charge >= 0.3 is 12.4 Å². The van der Waals surface area contributed by atoms with Gasteiger partial charge < -0.3 is 5.32 Å². The second kappa shape index (κ2) is 9.13. The van der Waals surface area contributed by atoms with Crippen molar-refractivity contribution >= 4 is 33.2 Å². The number of amides is 1. The van der Waals surface area contributed by atoms with Crippen molar-refractivity contribution in [3.63, 3.8) is 0 Å². The molecule has 0 radical (unpaired) electrons. The molecule has 7 nitrogen and oxygen atoms in total. The highest BCUT2D eigenvalue weighted by Gasteiger charge is 2.37. The van der Waals surface area contributed by atoms with Crippen LogP contribution in [0.1, 0.15) is 16.7 Å². The summed E-state index contributed by atoms with van der Waals surface area (Å²) < 4.78 is 118. The Morgan fingerprint density at radius 2 is 1.71 bits per heavy atom. The molecule has 0 bridgehead atoms. The van der Waals surface area contributed by atoms with E-state index in [9.17, 15) is 43.9 Å². The smallest absolute Gasteiger partial charge is 0.325 e. The minimum Gasteiger partial charge on any atom is -0.325 e. The van der Waals surface area contributed by atoms with Crippen molar-refractivity contribution in [1.82, 2.24) is 9.78 Å². The van der Waals surface area contributed by atoms with Crippen LogP contribution in [0, 0.1) is 5.82 Å². The number of primary sulfonamides is 1. The summed E-state index contributed by atoms with van der Waals surface area (Å²) in [5.74, 6) is -2.23. The summed E-state index contributed by atoms with van der Waals surface area (Å²) in [6.45, 7) is 0. The molecular weight excluding hydrogens is 533 g/mol. The Labute approximate surface area is 197 Å². The van der Waals surface area contributed by atoms with E-state index in [1.165, 1.54) is 0 Å². The number of aromatic nitrogens is 2. The number of anilines is 1. The van der Waals surface area contributed by atoms with E-state index in [-0.39, 0.29) is 11.6 Å². The monoisotopic (exact) mass is 544 g/mol. The van der Waals surface area contributed by atoms with Gasteiger partial charge in [-0.05, 0) is 23.8 Å². The third-order valence-electron chi connectivity index (χ3n) is 4.52. The maximum Gasteiger partial charge on any atom is 0.418 e. The van der Waals surface area contributed by atoms with Crippen LogP contribution in [0.25, 0.3) is 5.69 Å². The maximum absolute atomic E-state index is 13.7. The largest absolute Gasteiger partial charge is 0.418 e. The number of carbonyl (C=O) groups excluding carboxylic acids is 1. The van der Waals surface area contributed by atoms with Gasteiger partial charge in [0.05, 0.1) is 46.3 Å². The van der Waals surface area contributed by atoms with Crippen LogP contribution in [0.3, 0.4) is 0 Å². The van der Waals surface area contributed by atoms with E-state index in [0.717, 1.165) is 12.1 Å². The Morgan fingerprint density at radius 1 is 1.09 bits per heavy atom. The highest BCUT2D eigenvalue weighted by molar-refractivity contribution is 7.89. The molecule has 0 saturated carbocycles. The number of nitrogens with two attached hydrogens (primary N) is 1. The Balaban J connectivity index is 2.07. The van der Waals surface area contributed by atoms with Crippen LogP contribution >= 0.6 is 11.6 Å². The van der Waals surface area contributed by atoms with Crippen molar-refractivity contribution in [2.45, 2.75) is 23.7 Å². The van der Waals surface area contributed by atoms with Crippen molar-refractivity contribution in [1.29, 1.82) is 0 Å². The summed E-state index contributed by atoms with van der Waals surface area (Å²) in [4.78, 5) is 11.5. The number of benzene rings is 2. The van der Waals surface area contributed by atoms with Gasteiger partial charge in [-0.25, -0.2) is 22.6 Å². The molecule has 1 amide bonds.